The van der Waals surface area contributed by atoms with Crippen molar-refractivity contribution in [3.63, 3.8) is 0 Å². The van der Waals surface area contributed by atoms with Gasteiger partial charge in [-0.05, 0) is 30.2 Å². The molecule has 0 aliphatic carbocycles. The molecule has 0 fully saturated rings. The fourth-order valence-electron chi connectivity index (χ4n) is 1.29. The minimum absolute atomic E-state index is 0.211. The lowest BCUT2D eigenvalue weighted by atomic mass is 10.2. The van der Waals surface area contributed by atoms with E-state index in [-0.39, 0.29) is 6.03 Å². The number of carbonyl (C=O) groups is 1. The second kappa shape index (κ2) is 8.72. The molecule has 0 aliphatic rings. The number of urea groups is 1. The topological polar surface area (TPSA) is 50.4 Å². The Morgan fingerprint density at radius 1 is 1.50 bits per heavy atom. The van der Waals surface area contributed by atoms with Crippen LogP contribution in [0.2, 0.25) is 0 Å². The van der Waals surface area contributed by atoms with Gasteiger partial charge in [-0.25, -0.2) is 4.79 Å². The number of benzene rings is 1. The third-order valence-corrected chi connectivity index (χ3v) is 2.64. The van der Waals surface area contributed by atoms with Crippen LogP contribution in [0.5, 0.6) is 0 Å². The summed E-state index contributed by atoms with van der Waals surface area (Å²) in [6.45, 7) is 1.25. The maximum absolute atomic E-state index is 11.3. The summed E-state index contributed by atoms with van der Waals surface area (Å²) < 4.78 is 5.89. The van der Waals surface area contributed by atoms with Crippen molar-refractivity contribution in [2.75, 3.05) is 20.3 Å². The van der Waals surface area contributed by atoms with Crippen LogP contribution >= 0.6 is 15.9 Å². The largest absolute Gasteiger partial charge is 0.385 e. The molecule has 1 aromatic carbocycles. The fraction of sp³-hybridized carbons (Fsp3) is 0.308. The second-order valence-electron chi connectivity index (χ2n) is 3.63. The first-order valence-electron chi connectivity index (χ1n) is 5.68. The summed E-state index contributed by atoms with van der Waals surface area (Å²) >= 11 is 3.39. The van der Waals surface area contributed by atoms with E-state index in [0.717, 1.165) is 16.5 Å². The molecule has 5 heteroatoms. The summed E-state index contributed by atoms with van der Waals surface area (Å²) in [7, 11) is 1.64. The monoisotopic (exact) mass is 312 g/mol. The molecule has 2 amide bonds. The minimum Gasteiger partial charge on any atom is -0.385 e. The van der Waals surface area contributed by atoms with E-state index < -0.39 is 0 Å². The van der Waals surface area contributed by atoms with E-state index in [4.69, 9.17) is 4.74 Å². The van der Waals surface area contributed by atoms with Gasteiger partial charge in [0, 0.05) is 30.9 Å². The zero-order chi connectivity index (χ0) is 13.2. The third kappa shape index (κ3) is 6.42. The Hall–Kier alpha value is -1.33. The van der Waals surface area contributed by atoms with Crippen LogP contribution in [0, 0.1) is 0 Å². The summed E-state index contributed by atoms with van der Waals surface area (Å²) in [4.78, 5) is 11.3. The molecule has 1 rings (SSSR count). The minimum atomic E-state index is -0.211. The normalized spacial score (nSPS) is 10.6. The van der Waals surface area contributed by atoms with E-state index in [1.807, 2.05) is 30.3 Å². The molecule has 2 N–H and O–H groups in total. The molecule has 18 heavy (non-hydrogen) atoms. The van der Waals surface area contributed by atoms with Crippen molar-refractivity contribution < 1.29 is 9.53 Å². The van der Waals surface area contributed by atoms with Gasteiger partial charge in [0.25, 0.3) is 0 Å². The molecule has 0 saturated heterocycles. The predicted molar refractivity (Wildman–Crippen MR) is 76.2 cm³/mol. The Bertz CT molecular complexity index is 408. The molecular weight excluding hydrogens is 296 g/mol. The molecule has 0 saturated carbocycles. The van der Waals surface area contributed by atoms with Crippen molar-refractivity contribution >= 4 is 28.0 Å². The number of hydrogen-bond donors (Lipinski definition) is 2. The van der Waals surface area contributed by atoms with Crippen molar-refractivity contribution in [1.82, 2.24) is 10.6 Å². The van der Waals surface area contributed by atoms with Crippen LogP contribution in [-0.2, 0) is 4.74 Å². The Labute approximate surface area is 116 Å². The zero-order valence-electron chi connectivity index (χ0n) is 10.3. The number of amides is 2. The van der Waals surface area contributed by atoms with Crippen LogP contribution in [0.1, 0.15) is 12.0 Å². The van der Waals surface area contributed by atoms with Gasteiger partial charge < -0.3 is 15.4 Å². The van der Waals surface area contributed by atoms with Gasteiger partial charge in [0.2, 0.25) is 0 Å². The molecule has 0 atom stereocenters. The molecule has 0 spiro atoms. The smallest absolute Gasteiger partial charge is 0.318 e. The summed E-state index contributed by atoms with van der Waals surface area (Å²) in [5.74, 6) is 0. The molecule has 0 unspecified atom stereocenters. The Morgan fingerprint density at radius 2 is 2.33 bits per heavy atom. The van der Waals surface area contributed by atoms with Gasteiger partial charge in [0.05, 0.1) is 0 Å². The van der Waals surface area contributed by atoms with Gasteiger partial charge >= 0.3 is 6.03 Å². The van der Waals surface area contributed by atoms with Gasteiger partial charge in [0.1, 0.15) is 0 Å². The van der Waals surface area contributed by atoms with E-state index in [0.29, 0.717) is 13.2 Å². The van der Waals surface area contributed by atoms with E-state index in [1.165, 1.54) is 0 Å². The van der Waals surface area contributed by atoms with Crippen LogP contribution in [0.4, 0.5) is 4.79 Å². The van der Waals surface area contributed by atoms with Crippen LogP contribution in [0.25, 0.3) is 6.08 Å². The Balaban J connectivity index is 2.25. The number of methoxy groups -OCH3 is 1. The maximum Gasteiger partial charge on any atom is 0.318 e. The molecule has 1 aromatic rings. The predicted octanol–water partition coefficient (Wildman–Crippen LogP) is 2.76. The number of ether oxygens (including phenoxy) is 1. The molecule has 0 radical (unpaired) electrons. The van der Waals surface area contributed by atoms with Crippen LogP contribution in [-0.4, -0.2) is 26.3 Å². The highest BCUT2D eigenvalue weighted by molar-refractivity contribution is 9.10. The summed E-state index contributed by atoms with van der Waals surface area (Å²) in [5, 5.41) is 5.37. The summed E-state index contributed by atoms with van der Waals surface area (Å²) in [6, 6.07) is 7.60. The number of nitrogens with one attached hydrogen (secondary N) is 2. The lowest BCUT2D eigenvalue weighted by Crippen LogP contribution is -2.33. The van der Waals surface area contributed by atoms with Crippen molar-refractivity contribution in [3.8, 4) is 0 Å². The highest BCUT2D eigenvalue weighted by atomic mass is 79.9. The number of halogens is 1. The van der Waals surface area contributed by atoms with E-state index in [2.05, 4.69) is 26.6 Å². The lowest BCUT2D eigenvalue weighted by molar-refractivity contribution is 0.193. The van der Waals surface area contributed by atoms with Crippen molar-refractivity contribution in [3.05, 3.63) is 40.5 Å². The Morgan fingerprint density at radius 3 is 3.06 bits per heavy atom. The first-order chi connectivity index (χ1) is 8.72. The van der Waals surface area contributed by atoms with Crippen molar-refractivity contribution in [1.29, 1.82) is 0 Å². The van der Waals surface area contributed by atoms with Gasteiger partial charge in [-0.2, -0.15) is 0 Å². The summed E-state index contributed by atoms with van der Waals surface area (Å²) in [6.07, 6.45) is 4.26. The molecule has 4 nitrogen and oxygen atoms in total. The second-order valence-corrected chi connectivity index (χ2v) is 4.55. The van der Waals surface area contributed by atoms with Gasteiger partial charge in [-0.15, -0.1) is 0 Å². The van der Waals surface area contributed by atoms with Crippen LogP contribution in [0.15, 0.2) is 34.9 Å². The van der Waals surface area contributed by atoms with Gasteiger partial charge in [-0.1, -0.05) is 28.1 Å². The fourth-order valence-corrected chi connectivity index (χ4v) is 1.71. The van der Waals surface area contributed by atoms with Crippen molar-refractivity contribution in [2.45, 2.75) is 6.42 Å². The highest BCUT2D eigenvalue weighted by Gasteiger charge is 1.95. The number of carbonyl (C=O) groups excluding carboxylic acids is 1. The van der Waals surface area contributed by atoms with Gasteiger partial charge in [0.15, 0.2) is 0 Å². The average molecular weight is 313 g/mol. The maximum atomic E-state index is 11.3. The molecule has 0 bridgehead atoms. The van der Waals surface area contributed by atoms with Crippen molar-refractivity contribution in [2.24, 2.45) is 0 Å². The Kier molecular flexibility index (Phi) is 7.13. The number of hydrogen-bond acceptors (Lipinski definition) is 2. The van der Waals surface area contributed by atoms with Gasteiger partial charge in [-0.3, -0.25) is 0 Å². The molecule has 98 valence electrons. The van der Waals surface area contributed by atoms with Crippen LogP contribution in [0.3, 0.4) is 0 Å². The lowest BCUT2D eigenvalue weighted by Gasteiger charge is -2.03. The average Bonchev–Trinajstić information content (AvgIpc) is 2.35. The highest BCUT2D eigenvalue weighted by Crippen LogP contribution is 2.12. The van der Waals surface area contributed by atoms with E-state index in [1.54, 1.807) is 13.3 Å². The molecular formula is C13H17BrN2O2. The first kappa shape index (κ1) is 14.7. The molecule has 0 aromatic heterocycles. The quantitative estimate of drug-likeness (QED) is 0.794. The SMILES string of the molecule is COCCCNC(=O)N/C=C/c1cccc(Br)c1. The molecule has 0 heterocycles. The zero-order valence-corrected chi connectivity index (χ0v) is 11.9. The van der Waals surface area contributed by atoms with Crippen LogP contribution < -0.4 is 10.6 Å². The standard InChI is InChI=1S/C13H17BrN2O2/c1-18-9-3-7-15-13(17)16-8-6-11-4-2-5-12(14)10-11/h2,4-6,8,10H,3,7,9H2,1H3,(H2,15,16,17)/b8-6+. The molecule has 0 aliphatic heterocycles. The first-order valence-corrected chi connectivity index (χ1v) is 6.47. The summed E-state index contributed by atoms with van der Waals surface area (Å²) in [5.41, 5.74) is 1.02. The van der Waals surface area contributed by atoms with E-state index in [9.17, 15) is 4.79 Å². The van der Waals surface area contributed by atoms with E-state index >= 15 is 0 Å². The number of rotatable bonds is 6. The third-order valence-electron chi connectivity index (χ3n) is 2.15.